The lowest BCUT2D eigenvalue weighted by Crippen LogP contribution is -2.48. The Labute approximate surface area is 122 Å². The smallest absolute Gasteiger partial charge is 0.124 e. The van der Waals surface area contributed by atoms with Crippen molar-refractivity contribution >= 4 is 0 Å². The van der Waals surface area contributed by atoms with E-state index in [1.54, 1.807) is 7.11 Å². The quantitative estimate of drug-likeness (QED) is 0.840. The third-order valence-corrected chi connectivity index (χ3v) is 4.85. The van der Waals surface area contributed by atoms with Crippen LogP contribution in [0.3, 0.4) is 0 Å². The predicted octanol–water partition coefficient (Wildman–Crippen LogP) is 3.32. The van der Waals surface area contributed by atoms with Crippen LogP contribution in [0.25, 0.3) is 0 Å². The summed E-state index contributed by atoms with van der Waals surface area (Å²) in [6, 6.07) is 8.20. The maximum atomic E-state index is 6.81. The molecular weight excluding hydrogens is 250 g/mol. The van der Waals surface area contributed by atoms with E-state index in [9.17, 15) is 0 Å². The molecular formula is C17H27NO2. The molecule has 0 heterocycles. The molecule has 0 aromatic heterocycles. The van der Waals surface area contributed by atoms with Gasteiger partial charge in [0, 0.05) is 18.2 Å². The lowest BCUT2D eigenvalue weighted by molar-refractivity contribution is 0.128. The lowest BCUT2D eigenvalue weighted by atomic mass is 9.65. The summed E-state index contributed by atoms with van der Waals surface area (Å²) in [5, 5.41) is 0. The van der Waals surface area contributed by atoms with Gasteiger partial charge in [0.25, 0.3) is 0 Å². The molecule has 1 fully saturated rings. The van der Waals surface area contributed by atoms with Crippen molar-refractivity contribution < 1.29 is 9.47 Å². The van der Waals surface area contributed by atoms with Gasteiger partial charge in [0.15, 0.2) is 0 Å². The first kappa shape index (κ1) is 15.3. The van der Waals surface area contributed by atoms with Crippen molar-refractivity contribution in [2.24, 2.45) is 17.6 Å². The van der Waals surface area contributed by atoms with Crippen LogP contribution in [-0.4, -0.2) is 20.3 Å². The van der Waals surface area contributed by atoms with E-state index < -0.39 is 0 Å². The van der Waals surface area contributed by atoms with Crippen molar-refractivity contribution in [3.63, 3.8) is 0 Å². The summed E-state index contributed by atoms with van der Waals surface area (Å²) >= 11 is 0. The normalized spacial score (nSPS) is 30.2. The molecule has 1 aromatic carbocycles. The number of para-hydroxylation sites is 1. The Kier molecular flexibility index (Phi) is 5.06. The second-order valence-electron chi connectivity index (χ2n) is 6.04. The van der Waals surface area contributed by atoms with Crippen LogP contribution in [-0.2, 0) is 10.3 Å². The van der Waals surface area contributed by atoms with Crippen LogP contribution in [0.4, 0.5) is 0 Å². The van der Waals surface area contributed by atoms with Gasteiger partial charge >= 0.3 is 0 Å². The molecule has 0 saturated heterocycles. The number of rotatable bonds is 5. The van der Waals surface area contributed by atoms with E-state index in [4.69, 9.17) is 15.2 Å². The zero-order chi connectivity index (χ0) is 14.6. The molecule has 20 heavy (non-hydrogen) atoms. The molecule has 1 aromatic rings. The van der Waals surface area contributed by atoms with Gasteiger partial charge in [-0.05, 0) is 24.3 Å². The van der Waals surface area contributed by atoms with Gasteiger partial charge in [0.05, 0.1) is 6.61 Å². The van der Waals surface area contributed by atoms with E-state index in [0.29, 0.717) is 25.0 Å². The number of benzene rings is 1. The molecule has 112 valence electrons. The molecule has 1 aliphatic rings. The molecule has 2 rings (SSSR count). The first-order valence-electron chi connectivity index (χ1n) is 7.59. The molecule has 3 unspecified atom stereocenters. The fourth-order valence-corrected chi connectivity index (χ4v) is 3.29. The SMILES string of the molecule is COCCOc1ccccc1C1(N)CCCC(C)C1C. The van der Waals surface area contributed by atoms with E-state index in [2.05, 4.69) is 26.0 Å². The summed E-state index contributed by atoms with van der Waals surface area (Å²) in [6.45, 7) is 5.74. The molecule has 0 bridgehead atoms. The van der Waals surface area contributed by atoms with Crippen molar-refractivity contribution in [2.75, 3.05) is 20.3 Å². The highest BCUT2D eigenvalue weighted by Crippen LogP contribution is 2.45. The number of hydrogen-bond donors (Lipinski definition) is 1. The summed E-state index contributed by atoms with van der Waals surface area (Å²) < 4.78 is 10.9. The third-order valence-electron chi connectivity index (χ3n) is 4.85. The second kappa shape index (κ2) is 6.59. The fraction of sp³-hybridized carbons (Fsp3) is 0.647. The number of hydrogen-bond acceptors (Lipinski definition) is 3. The van der Waals surface area contributed by atoms with Crippen LogP contribution >= 0.6 is 0 Å². The average molecular weight is 277 g/mol. The third kappa shape index (κ3) is 2.99. The molecule has 3 nitrogen and oxygen atoms in total. The molecule has 1 aliphatic carbocycles. The van der Waals surface area contributed by atoms with Crippen LogP contribution in [0.2, 0.25) is 0 Å². The minimum atomic E-state index is -0.276. The average Bonchev–Trinajstić information content (AvgIpc) is 2.45. The molecule has 0 radical (unpaired) electrons. The van der Waals surface area contributed by atoms with Crippen LogP contribution in [0, 0.1) is 11.8 Å². The van der Waals surface area contributed by atoms with Gasteiger partial charge in [-0.2, -0.15) is 0 Å². The largest absolute Gasteiger partial charge is 0.491 e. The van der Waals surface area contributed by atoms with Crippen molar-refractivity contribution in [1.29, 1.82) is 0 Å². The van der Waals surface area contributed by atoms with Crippen LogP contribution < -0.4 is 10.5 Å². The summed E-state index contributed by atoms with van der Waals surface area (Å²) in [5.74, 6) is 2.03. The summed E-state index contributed by atoms with van der Waals surface area (Å²) in [5.41, 5.74) is 7.68. The Balaban J connectivity index is 2.26. The van der Waals surface area contributed by atoms with Gasteiger partial charge in [-0.15, -0.1) is 0 Å². The van der Waals surface area contributed by atoms with Crippen molar-refractivity contribution in [3.05, 3.63) is 29.8 Å². The monoisotopic (exact) mass is 277 g/mol. The Morgan fingerprint density at radius 1 is 1.25 bits per heavy atom. The van der Waals surface area contributed by atoms with Gasteiger partial charge in [0.2, 0.25) is 0 Å². The van der Waals surface area contributed by atoms with Gasteiger partial charge in [0.1, 0.15) is 12.4 Å². The highest BCUT2D eigenvalue weighted by Gasteiger charge is 2.41. The fourth-order valence-electron chi connectivity index (χ4n) is 3.29. The Morgan fingerprint density at radius 2 is 2.00 bits per heavy atom. The minimum Gasteiger partial charge on any atom is -0.491 e. The molecule has 1 saturated carbocycles. The predicted molar refractivity (Wildman–Crippen MR) is 81.9 cm³/mol. The van der Waals surface area contributed by atoms with Crippen LogP contribution in [0.15, 0.2) is 24.3 Å². The molecule has 3 heteroatoms. The van der Waals surface area contributed by atoms with E-state index in [0.717, 1.165) is 17.7 Å². The second-order valence-corrected chi connectivity index (χ2v) is 6.04. The van der Waals surface area contributed by atoms with Crippen molar-refractivity contribution in [3.8, 4) is 5.75 Å². The highest BCUT2D eigenvalue weighted by atomic mass is 16.5. The maximum Gasteiger partial charge on any atom is 0.124 e. The lowest BCUT2D eigenvalue weighted by Gasteiger charge is -2.44. The molecule has 3 atom stereocenters. The Hall–Kier alpha value is -1.06. The van der Waals surface area contributed by atoms with Gasteiger partial charge in [-0.3, -0.25) is 0 Å². The number of ether oxygens (including phenoxy) is 2. The topological polar surface area (TPSA) is 44.5 Å². The number of methoxy groups -OCH3 is 1. The van der Waals surface area contributed by atoms with Crippen LogP contribution in [0.5, 0.6) is 5.75 Å². The van der Waals surface area contributed by atoms with Crippen molar-refractivity contribution in [2.45, 2.75) is 38.6 Å². The Bertz CT molecular complexity index is 435. The zero-order valence-electron chi connectivity index (χ0n) is 12.9. The molecule has 2 N–H and O–H groups in total. The summed E-state index contributed by atoms with van der Waals surface area (Å²) in [6.07, 6.45) is 3.49. The number of nitrogens with two attached hydrogens (primary N) is 1. The van der Waals surface area contributed by atoms with Crippen LogP contribution in [0.1, 0.15) is 38.7 Å². The van der Waals surface area contributed by atoms with Crippen molar-refractivity contribution in [1.82, 2.24) is 0 Å². The van der Waals surface area contributed by atoms with Gasteiger partial charge in [-0.25, -0.2) is 0 Å². The highest BCUT2D eigenvalue weighted by molar-refractivity contribution is 5.40. The maximum absolute atomic E-state index is 6.81. The summed E-state index contributed by atoms with van der Waals surface area (Å²) in [4.78, 5) is 0. The first-order chi connectivity index (χ1) is 9.59. The van der Waals surface area contributed by atoms with E-state index in [1.165, 1.54) is 12.8 Å². The standard InChI is InChI=1S/C17H27NO2/c1-13-7-6-10-17(18,14(13)2)15-8-4-5-9-16(15)20-12-11-19-3/h4-5,8-9,13-14H,6-7,10-12,18H2,1-3H3. The summed E-state index contributed by atoms with van der Waals surface area (Å²) in [7, 11) is 1.69. The van der Waals surface area contributed by atoms with Gasteiger partial charge in [-0.1, -0.05) is 44.9 Å². The van der Waals surface area contributed by atoms with Gasteiger partial charge < -0.3 is 15.2 Å². The Morgan fingerprint density at radius 3 is 2.75 bits per heavy atom. The van der Waals surface area contributed by atoms with E-state index >= 15 is 0 Å². The molecule has 0 amide bonds. The molecule has 0 spiro atoms. The minimum absolute atomic E-state index is 0.276. The molecule has 0 aliphatic heterocycles. The first-order valence-corrected chi connectivity index (χ1v) is 7.59. The van der Waals surface area contributed by atoms with E-state index in [1.807, 2.05) is 12.1 Å². The van der Waals surface area contributed by atoms with E-state index in [-0.39, 0.29) is 5.54 Å². The zero-order valence-corrected chi connectivity index (χ0v) is 12.9.